The smallest absolute Gasteiger partial charge is 0.419 e. The third-order valence-electron chi connectivity index (χ3n) is 6.65. The summed E-state index contributed by atoms with van der Waals surface area (Å²) >= 11 is 0. The van der Waals surface area contributed by atoms with E-state index in [1.165, 1.54) is 12.3 Å². The molecule has 2 heterocycles. The first-order valence-corrected chi connectivity index (χ1v) is 11.0. The van der Waals surface area contributed by atoms with E-state index in [0.29, 0.717) is 25.2 Å². The number of nitrogens with one attached hydrogen (secondary N) is 1. The number of halogens is 6. The predicted molar refractivity (Wildman–Crippen MR) is 102 cm³/mol. The number of fused-ring (bicyclic) bond motifs is 1. The fourth-order valence-corrected chi connectivity index (χ4v) is 5.12. The van der Waals surface area contributed by atoms with Crippen molar-refractivity contribution in [1.82, 2.24) is 25.3 Å². The maximum Gasteiger partial charge on any atom is 0.522 e. The van der Waals surface area contributed by atoms with E-state index in [-0.39, 0.29) is 48.8 Å². The van der Waals surface area contributed by atoms with Crippen LogP contribution in [0.25, 0.3) is 11.6 Å². The molecule has 2 bridgehead atoms. The van der Waals surface area contributed by atoms with Crippen LogP contribution >= 0.6 is 0 Å². The molecule has 2 aromatic heterocycles. The van der Waals surface area contributed by atoms with Crippen molar-refractivity contribution < 1.29 is 45.0 Å². The zero-order valence-corrected chi connectivity index (χ0v) is 18.1. The van der Waals surface area contributed by atoms with E-state index in [0.717, 1.165) is 4.68 Å². The lowest BCUT2D eigenvalue weighted by molar-refractivity contribution is -0.357. The van der Waals surface area contributed by atoms with E-state index in [1.54, 1.807) is 0 Å². The summed E-state index contributed by atoms with van der Waals surface area (Å²) in [6, 6.07) is 1.36. The van der Waals surface area contributed by atoms with Gasteiger partial charge >= 0.3 is 12.5 Å². The SMILES string of the molecule is O=C(CO[C@H]1C[C@@H](OC(F)(F)F)C1)NC12CC(C1)C(c1nnc(-c3ccn(CC(F)(F)F)n3)o1)C2. The summed E-state index contributed by atoms with van der Waals surface area (Å²) in [7, 11) is 0. The van der Waals surface area contributed by atoms with Crippen molar-refractivity contribution in [1.29, 1.82) is 0 Å². The molecule has 4 saturated carbocycles. The summed E-state index contributed by atoms with van der Waals surface area (Å²) < 4.78 is 89.7. The minimum Gasteiger partial charge on any atom is -0.419 e. The molecule has 0 radical (unpaired) electrons. The molecule has 1 N–H and O–H groups in total. The second-order valence-corrected chi connectivity index (χ2v) is 9.36. The molecule has 2 aromatic rings. The zero-order chi connectivity index (χ0) is 25.0. The first kappa shape index (κ1) is 24.0. The topological polar surface area (TPSA) is 104 Å². The number of aromatic nitrogens is 4. The van der Waals surface area contributed by atoms with E-state index in [1.807, 2.05) is 0 Å². The van der Waals surface area contributed by atoms with Gasteiger partial charge < -0.3 is 14.5 Å². The average molecular weight is 509 g/mol. The molecule has 4 aliphatic carbocycles. The van der Waals surface area contributed by atoms with Gasteiger partial charge in [0.1, 0.15) is 18.8 Å². The third kappa shape index (κ3) is 5.44. The van der Waals surface area contributed by atoms with Crippen LogP contribution in [-0.2, 0) is 20.8 Å². The van der Waals surface area contributed by atoms with Crippen LogP contribution < -0.4 is 5.32 Å². The Kier molecular flexibility index (Phi) is 5.81. The van der Waals surface area contributed by atoms with Gasteiger partial charge in [0, 0.05) is 30.5 Å². The molecule has 0 spiro atoms. The molecule has 9 nitrogen and oxygen atoms in total. The number of carbonyl (C=O) groups is 1. The van der Waals surface area contributed by atoms with Crippen molar-refractivity contribution >= 4 is 5.91 Å². The molecule has 1 unspecified atom stereocenters. The highest BCUT2D eigenvalue weighted by molar-refractivity contribution is 5.78. The molecule has 4 fully saturated rings. The molecule has 0 aliphatic heterocycles. The molecule has 1 atom stereocenters. The maximum absolute atomic E-state index is 12.5. The number of alkyl halides is 6. The van der Waals surface area contributed by atoms with Gasteiger partial charge in [0.25, 0.3) is 5.89 Å². The van der Waals surface area contributed by atoms with Gasteiger partial charge in [0.05, 0.1) is 12.2 Å². The van der Waals surface area contributed by atoms with Gasteiger partial charge in [0.2, 0.25) is 11.8 Å². The number of hydrogen-bond acceptors (Lipinski definition) is 7. The van der Waals surface area contributed by atoms with Crippen molar-refractivity contribution in [2.75, 3.05) is 6.61 Å². The number of nitrogens with zero attached hydrogens (tertiary/aromatic N) is 4. The Morgan fingerprint density at radius 3 is 2.57 bits per heavy atom. The Hall–Kier alpha value is -2.68. The lowest BCUT2D eigenvalue weighted by Crippen LogP contribution is -2.53. The Balaban J connectivity index is 1.09. The number of ether oxygens (including phenoxy) is 2. The largest absolute Gasteiger partial charge is 0.522 e. The van der Waals surface area contributed by atoms with Crippen LogP contribution in [-0.4, -0.2) is 62.8 Å². The molecule has 0 saturated heterocycles. The quantitative estimate of drug-likeness (QED) is 0.545. The second-order valence-electron chi connectivity index (χ2n) is 9.36. The minimum absolute atomic E-state index is 0.0183. The Labute approximate surface area is 194 Å². The standard InChI is InChI=1S/C20H21F6N5O4/c21-19(22,23)9-31-2-1-14(30-31)17-29-28-16(34-17)13-7-18(5-10(13)6-18)27-15(32)8-33-11-3-12(4-11)35-20(24,25)26/h1-2,10-13H,3-9H2,(H,27,32)/t10?,11-,12+,13?,18?. The first-order valence-electron chi connectivity index (χ1n) is 11.0. The zero-order valence-electron chi connectivity index (χ0n) is 18.1. The number of amides is 1. The van der Waals surface area contributed by atoms with Crippen LogP contribution in [0.1, 0.15) is 43.9 Å². The van der Waals surface area contributed by atoms with Crippen molar-refractivity contribution in [3.05, 3.63) is 18.2 Å². The number of hydrogen-bond donors (Lipinski definition) is 1. The lowest BCUT2D eigenvalue weighted by atomic mass is 9.76. The normalized spacial score (nSPS) is 30.1. The van der Waals surface area contributed by atoms with Crippen LogP contribution in [0.3, 0.4) is 0 Å². The molecule has 6 rings (SSSR count). The lowest BCUT2D eigenvalue weighted by Gasteiger charge is -2.39. The van der Waals surface area contributed by atoms with Gasteiger partial charge in [-0.05, 0) is 31.2 Å². The van der Waals surface area contributed by atoms with E-state index < -0.39 is 36.8 Å². The molecular formula is C20H21F6N5O4. The molecule has 0 aromatic carbocycles. The van der Waals surface area contributed by atoms with Crippen LogP contribution in [0.4, 0.5) is 26.3 Å². The van der Waals surface area contributed by atoms with Crippen LogP contribution in [0.2, 0.25) is 0 Å². The molecular weight excluding hydrogens is 488 g/mol. The summed E-state index contributed by atoms with van der Waals surface area (Å²) in [4.78, 5) is 12.3. The van der Waals surface area contributed by atoms with Crippen molar-refractivity contribution in [2.24, 2.45) is 5.92 Å². The van der Waals surface area contributed by atoms with Crippen LogP contribution in [0.5, 0.6) is 0 Å². The summed E-state index contributed by atoms with van der Waals surface area (Å²) in [5.74, 6) is 0.0989. The first-order chi connectivity index (χ1) is 16.4. The monoisotopic (exact) mass is 509 g/mol. The predicted octanol–water partition coefficient (Wildman–Crippen LogP) is 3.33. The summed E-state index contributed by atoms with van der Waals surface area (Å²) in [5, 5.41) is 14.7. The molecule has 15 heteroatoms. The Morgan fingerprint density at radius 1 is 1.14 bits per heavy atom. The minimum atomic E-state index is -4.68. The van der Waals surface area contributed by atoms with Gasteiger partial charge in [-0.15, -0.1) is 23.4 Å². The number of carbonyl (C=O) groups excluding carboxylic acids is 1. The van der Waals surface area contributed by atoms with Crippen LogP contribution in [0, 0.1) is 5.92 Å². The van der Waals surface area contributed by atoms with Gasteiger partial charge in [-0.1, -0.05) is 0 Å². The third-order valence-corrected chi connectivity index (χ3v) is 6.65. The number of rotatable bonds is 8. The second kappa shape index (κ2) is 8.47. The summed E-state index contributed by atoms with van der Waals surface area (Å²) in [6.45, 7) is -1.49. The fourth-order valence-electron chi connectivity index (χ4n) is 5.12. The van der Waals surface area contributed by atoms with Crippen molar-refractivity contribution in [3.63, 3.8) is 0 Å². The van der Waals surface area contributed by atoms with Gasteiger partial charge in [-0.25, -0.2) is 0 Å². The molecule has 35 heavy (non-hydrogen) atoms. The highest BCUT2D eigenvalue weighted by atomic mass is 19.4. The molecule has 4 aliphatic rings. The van der Waals surface area contributed by atoms with Gasteiger partial charge in [-0.2, -0.15) is 18.3 Å². The van der Waals surface area contributed by atoms with Gasteiger partial charge in [-0.3, -0.25) is 14.2 Å². The highest BCUT2D eigenvalue weighted by Crippen LogP contribution is 2.59. The molecule has 192 valence electrons. The fraction of sp³-hybridized carbons (Fsp3) is 0.700. The van der Waals surface area contributed by atoms with E-state index in [4.69, 9.17) is 9.15 Å². The Bertz CT molecular complexity index is 1070. The summed E-state index contributed by atoms with van der Waals surface area (Å²) in [5.41, 5.74) is -0.308. The van der Waals surface area contributed by atoms with E-state index in [9.17, 15) is 31.1 Å². The van der Waals surface area contributed by atoms with E-state index in [2.05, 4.69) is 25.3 Å². The maximum atomic E-state index is 12.5. The van der Waals surface area contributed by atoms with Crippen molar-refractivity contribution in [3.8, 4) is 11.6 Å². The molecule has 1 amide bonds. The van der Waals surface area contributed by atoms with Crippen molar-refractivity contribution in [2.45, 2.75) is 74.9 Å². The average Bonchev–Trinajstić information content (AvgIpc) is 3.42. The Morgan fingerprint density at radius 2 is 1.89 bits per heavy atom. The van der Waals surface area contributed by atoms with Gasteiger partial charge in [0.15, 0.2) is 0 Å². The summed E-state index contributed by atoms with van der Waals surface area (Å²) in [6.07, 6.45) is -7.18. The highest BCUT2D eigenvalue weighted by Gasteiger charge is 2.58. The van der Waals surface area contributed by atoms with Crippen LogP contribution in [0.15, 0.2) is 16.7 Å². The van der Waals surface area contributed by atoms with E-state index >= 15 is 0 Å².